The molecule has 1 aromatic heterocycles. The van der Waals surface area contributed by atoms with Crippen molar-refractivity contribution in [2.24, 2.45) is 0 Å². The molecule has 0 N–H and O–H groups in total. The van der Waals surface area contributed by atoms with Crippen molar-refractivity contribution in [1.82, 2.24) is 14.7 Å². The van der Waals surface area contributed by atoms with Crippen LogP contribution in [0.25, 0.3) is 0 Å². The van der Waals surface area contributed by atoms with Crippen LogP contribution in [0.4, 0.5) is 0 Å². The highest BCUT2D eigenvalue weighted by molar-refractivity contribution is 5.76. The van der Waals surface area contributed by atoms with Gasteiger partial charge in [-0.1, -0.05) is 48.5 Å². The van der Waals surface area contributed by atoms with Crippen LogP contribution in [0.2, 0.25) is 0 Å². The van der Waals surface area contributed by atoms with Gasteiger partial charge in [-0.25, -0.2) is 0 Å². The van der Waals surface area contributed by atoms with Crippen LogP contribution in [-0.2, 0) is 24.3 Å². The number of methoxy groups -OCH3 is 1. The molecule has 1 amide bonds. The fourth-order valence-electron chi connectivity index (χ4n) is 3.82. The van der Waals surface area contributed by atoms with E-state index in [4.69, 9.17) is 4.74 Å². The molecule has 1 heterocycles. The summed E-state index contributed by atoms with van der Waals surface area (Å²) < 4.78 is 7.43. The van der Waals surface area contributed by atoms with E-state index >= 15 is 0 Å². The number of aromatic nitrogens is 2. The van der Waals surface area contributed by atoms with Crippen LogP contribution in [0.5, 0.6) is 5.75 Å². The largest absolute Gasteiger partial charge is 0.496 e. The number of carbonyl (C=O) groups excluding carboxylic acids is 1. The zero-order valence-electron chi connectivity index (χ0n) is 18.3. The molecule has 2 aromatic carbocycles. The first-order chi connectivity index (χ1) is 14.5. The van der Waals surface area contributed by atoms with Crippen LogP contribution in [0.15, 0.2) is 60.7 Å². The SMILES string of the molecule is COc1ccccc1CC(C)N(Cc1ccccc1)C(=O)CCn1nc(C)cc1C. The Morgan fingerprint density at radius 3 is 2.47 bits per heavy atom. The van der Waals surface area contributed by atoms with Gasteiger partial charge in [-0.3, -0.25) is 9.48 Å². The third-order valence-electron chi connectivity index (χ3n) is 5.40. The van der Waals surface area contributed by atoms with Gasteiger partial charge in [0.05, 0.1) is 12.8 Å². The quantitative estimate of drug-likeness (QED) is 0.524. The average molecular weight is 406 g/mol. The molecule has 0 radical (unpaired) electrons. The lowest BCUT2D eigenvalue weighted by molar-refractivity contribution is -0.134. The van der Waals surface area contributed by atoms with Gasteiger partial charge >= 0.3 is 0 Å². The van der Waals surface area contributed by atoms with E-state index in [0.717, 1.165) is 34.7 Å². The van der Waals surface area contributed by atoms with Crippen molar-refractivity contribution >= 4 is 5.91 Å². The number of aryl methyl sites for hydroxylation is 3. The Kier molecular flexibility index (Phi) is 7.28. The number of nitrogens with zero attached hydrogens (tertiary/aromatic N) is 3. The zero-order chi connectivity index (χ0) is 21.5. The Balaban J connectivity index is 1.76. The van der Waals surface area contributed by atoms with Crippen LogP contribution in [-0.4, -0.2) is 33.7 Å². The molecule has 3 rings (SSSR count). The van der Waals surface area contributed by atoms with Crippen molar-refractivity contribution < 1.29 is 9.53 Å². The molecular weight excluding hydrogens is 374 g/mol. The Labute approximate surface area is 179 Å². The van der Waals surface area contributed by atoms with Gasteiger partial charge in [-0.15, -0.1) is 0 Å². The minimum absolute atomic E-state index is 0.0365. The van der Waals surface area contributed by atoms with E-state index in [0.29, 0.717) is 19.5 Å². The third-order valence-corrected chi connectivity index (χ3v) is 5.40. The second-order valence-corrected chi connectivity index (χ2v) is 7.77. The summed E-state index contributed by atoms with van der Waals surface area (Å²) in [6.45, 7) is 7.29. The molecule has 158 valence electrons. The summed E-state index contributed by atoms with van der Waals surface area (Å²) in [7, 11) is 1.69. The van der Waals surface area contributed by atoms with Gasteiger partial charge in [0.15, 0.2) is 0 Å². The van der Waals surface area contributed by atoms with Crippen LogP contribution >= 0.6 is 0 Å². The van der Waals surface area contributed by atoms with Crippen molar-refractivity contribution in [3.8, 4) is 5.75 Å². The van der Waals surface area contributed by atoms with Gasteiger partial charge in [0, 0.05) is 31.2 Å². The smallest absolute Gasteiger partial charge is 0.224 e. The molecule has 30 heavy (non-hydrogen) atoms. The third kappa shape index (κ3) is 5.50. The van der Waals surface area contributed by atoms with E-state index in [2.05, 4.69) is 30.2 Å². The highest BCUT2D eigenvalue weighted by Crippen LogP contribution is 2.22. The summed E-state index contributed by atoms with van der Waals surface area (Å²) in [6.07, 6.45) is 1.16. The van der Waals surface area contributed by atoms with Crippen molar-refractivity contribution in [1.29, 1.82) is 0 Å². The molecule has 5 nitrogen and oxygen atoms in total. The molecule has 0 bridgehead atoms. The maximum Gasteiger partial charge on any atom is 0.224 e. The number of hydrogen-bond acceptors (Lipinski definition) is 3. The van der Waals surface area contributed by atoms with Crippen molar-refractivity contribution in [2.75, 3.05) is 7.11 Å². The molecule has 0 aliphatic rings. The first-order valence-corrected chi connectivity index (χ1v) is 10.4. The Bertz CT molecular complexity index is 966. The zero-order valence-corrected chi connectivity index (χ0v) is 18.3. The number of rotatable bonds is 9. The summed E-state index contributed by atoms with van der Waals surface area (Å²) >= 11 is 0. The lowest BCUT2D eigenvalue weighted by Gasteiger charge is -2.30. The summed E-state index contributed by atoms with van der Waals surface area (Å²) in [5.74, 6) is 0.993. The van der Waals surface area contributed by atoms with E-state index in [9.17, 15) is 4.79 Å². The molecule has 0 saturated heterocycles. The first-order valence-electron chi connectivity index (χ1n) is 10.4. The van der Waals surface area contributed by atoms with Crippen LogP contribution in [0.3, 0.4) is 0 Å². The summed E-state index contributed by atoms with van der Waals surface area (Å²) in [5, 5.41) is 4.49. The molecule has 0 aliphatic carbocycles. The van der Waals surface area contributed by atoms with E-state index < -0.39 is 0 Å². The van der Waals surface area contributed by atoms with E-state index in [-0.39, 0.29) is 11.9 Å². The van der Waals surface area contributed by atoms with Crippen molar-refractivity contribution in [3.63, 3.8) is 0 Å². The maximum atomic E-state index is 13.3. The number of hydrogen-bond donors (Lipinski definition) is 0. The second kappa shape index (κ2) is 10.1. The second-order valence-electron chi connectivity index (χ2n) is 7.77. The van der Waals surface area contributed by atoms with Crippen molar-refractivity contribution in [3.05, 3.63) is 83.2 Å². The van der Waals surface area contributed by atoms with Gasteiger partial charge in [-0.2, -0.15) is 5.10 Å². The van der Waals surface area contributed by atoms with Gasteiger partial charge in [0.1, 0.15) is 5.75 Å². The standard InChI is InChI=1S/C25H31N3O2/c1-19-16-21(3)28(26-19)15-14-25(29)27(18-22-10-6-5-7-11-22)20(2)17-23-12-8-9-13-24(23)30-4/h5-13,16,20H,14-15,17-18H2,1-4H3. The summed E-state index contributed by atoms with van der Waals surface area (Å²) in [5.41, 5.74) is 4.29. The molecule has 5 heteroatoms. The Morgan fingerprint density at radius 2 is 1.80 bits per heavy atom. The predicted octanol–water partition coefficient (Wildman–Crippen LogP) is 4.56. The predicted molar refractivity (Wildman–Crippen MR) is 119 cm³/mol. The van der Waals surface area contributed by atoms with Crippen molar-refractivity contribution in [2.45, 2.75) is 52.7 Å². The summed E-state index contributed by atoms with van der Waals surface area (Å²) in [6, 6.07) is 20.2. The van der Waals surface area contributed by atoms with Crippen LogP contribution in [0.1, 0.15) is 35.9 Å². The molecule has 0 spiro atoms. The van der Waals surface area contributed by atoms with E-state index in [1.165, 1.54) is 0 Å². The monoisotopic (exact) mass is 405 g/mol. The number of carbonyl (C=O) groups is 1. The van der Waals surface area contributed by atoms with Gasteiger partial charge in [0.2, 0.25) is 5.91 Å². The normalized spacial score (nSPS) is 11.9. The number of para-hydroxylation sites is 1. The molecule has 1 atom stereocenters. The number of ether oxygens (including phenoxy) is 1. The Morgan fingerprint density at radius 1 is 1.10 bits per heavy atom. The summed E-state index contributed by atoms with van der Waals surface area (Å²) in [4.78, 5) is 15.3. The van der Waals surface area contributed by atoms with Crippen LogP contribution in [0, 0.1) is 13.8 Å². The lowest BCUT2D eigenvalue weighted by atomic mass is 10.0. The molecule has 0 fully saturated rings. The molecular formula is C25H31N3O2. The van der Waals surface area contributed by atoms with Gasteiger partial charge < -0.3 is 9.64 Å². The number of amides is 1. The lowest BCUT2D eigenvalue weighted by Crippen LogP contribution is -2.39. The maximum absolute atomic E-state index is 13.3. The molecule has 1 unspecified atom stereocenters. The minimum Gasteiger partial charge on any atom is -0.496 e. The average Bonchev–Trinajstić information content (AvgIpc) is 3.08. The van der Waals surface area contributed by atoms with Gasteiger partial charge in [-0.05, 0) is 50.5 Å². The molecule has 0 saturated carbocycles. The fourth-order valence-corrected chi connectivity index (χ4v) is 3.82. The highest BCUT2D eigenvalue weighted by atomic mass is 16.5. The molecule has 0 aliphatic heterocycles. The van der Waals surface area contributed by atoms with Gasteiger partial charge in [0.25, 0.3) is 0 Å². The molecule has 3 aromatic rings. The minimum atomic E-state index is 0.0365. The van der Waals surface area contributed by atoms with E-state index in [1.807, 2.05) is 65.9 Å². The highest BCUT2D eigenvalue weighted by Gasteiger charge is 2.22. The topological polar surface area (TPSA) is 47.4 Å². The Hall–Kier alpha value is -3.08. The fraction of sp³-hybridized carbons (Fsp3) is 0.360. The first kappa shape index (κ1) is 21.6. The van der Waals surface area contributed by atoms with E-state index in [1.54, 1.807) is 7.11 Å². The number of benzene rings is 2. The van der Waals surface area contributed by atoms with Crippen LogP contribution < -0.4 is 4.74 Å².